The number of benzene rings is 2. The maximum Gasteiger partial charge on any atom is 0.410 e. The Morgan fingerprint density at radius 3 is 2.49 bits per heavy atom. The lowest BCUT2D eigenvalue weighted by molar-refractivity contribution is 0.0886. The van der Waals surface area contributed by atoms with Gasteiger partial charge >= 0.3 is 6.09 Å². The summed E-state index contributed by atoms with van der Waals surface area (Å²) < 4.78 is 7.19. The number of piperazine rings is 1. The predicted molar refractivity (Wildman–Crippen MR) is 146 cm³/mol. The van der Waals surface area contributed by atoms with Crippen molar-refractivity contribution in [3.05, 3.63) is 107 Å². The highest BCUT2D eigenvalue weighted by molar-refractivity contribution is 6.32. The lowest BCUT2D eigenvalue weighted by Crippen LogP contribution is -2.52. The van der Waals surface area contributed by atoms with E-state index in [1.165, 1.54) is 6.07 Å². The van der Waals surface area contributed by atoms with Crippen LogP contribution in [0.25, 0.3) is 11.3 Å². The van der Waals surface area contributed by atoms with Gasteiger partial charge in [-0.25, -0.2) is 9.78 Å². The van der Waals surface area contributed by atoms with E-state index >= 15 is 0 Å². The maximum atomic E-state index is 13.0. The van der Waals surface area contributed by atoms with E-state index in [9.17, 15) is 9.59 Å². The zero-order valence-electron chi connectivity index (χ0n) is 20.9. The normalized spacial score (nSPS) is 15.4. The fourth-order valence-electron chi connectivity index (χ4n) is 4.53. The zero-order chi connectivity index (χ0) is 25.8. The molecule has 2 aromatic heterocycles. The molecular weight excluding hydrogens is 465 g/mol. The molecule has 1 atom stereocenters. The number of nitrogens with zero attached hydrogens (tertiary/aromatic N) is 5. The van der Waals surface area contributed by atoms with Gasteiger partial charge < -0.3 is 14.5 Å². The van der Waals surface area contributed by atoms with Crippen molar-refractivity contribution in [2.45, 2.75) is 12.6 Å². The lowest BCUT2D eigenvalue weighted by atomic mass is 9.93. The first-order chi connectivity index (χ1) is 18.0. The molecule has 0 bridgehead atoms. The average Bonchev–Trinajstić information content (AvgIpc) is 2.94. The largest absolute Gasteiger partial charge is 0.445 e. The van der Waals surface area contributed by atoms with Crippen molar-refractivity contribution >= 4 is 25.4 Å². The van der Waals surface area contributed by atoms with E-state index in [-0.39, 0.29) is 24.3 Å². The Bertz CT molecular complexity index is 1430. The fourth-order valence-corrected chi connectivity index (χ4v) is 4.53. The van der Waals surface area contributed by atoms with Gasteiger partial charge in [0.25, 0.3) is 5.56 Å². The first-order valence-corrected chi connectivity index (χ1v) is 12.3. The standard InChI is InChI=1S/C28H28BN5O3/c1-32-26(35)17-24(21-11-13-30-14-12-21)31-27(32)34-16-15-33(18-25(34)22-7-9-23(29)10-8-22)28(36)37-19-20-5-3-2-4-6-20/h2-14,17,25H,15-16,18-19,29H2,1H3/t25-/m1/s1. The predicted octanol–water partition coefficient (Wildman–Crippen LogP) is 2.30. The second kappa shape index (κ2) is 10.7. The van der Waals surface area contributed by atoms with E-state index in [0.29, 0.717) is 31.3 Å². The summed E-state index contributed by atoms with van der Waals surface area (Å²) >= 11 is 0. The van der Waals surface area contributed by atoms with Crippen LogP contribution in [0.2, 0.25) is 0 Å². The van der Waals surface area contributed by atoms with E-state index in [4.69, 9.17) is 9.72 Å². The van der Waals surface area contributed by atoms with Crippen molar-refractivity contribution in [3.63, 3.8) is 0 Å². The van der Waals surface area contributed by atoms with Crippen LogP contribution in [0.4, 0.5) is 10.7 Å². The number of ether oxygens (including phenoxy) is 1. The molecule has 1 saturated heterocycles. The summed E-state index contributed by atoms with van der Waals surface area (Å²) in [6, 6.07) is 22.9. The number of hydrogen-bond donors (Lipinski definition) is 0. The molecule has 0 aliphatic carbocycles. The Balaban J connectivity index is 1.45. The van der Waals surface area contributed by atoms with Crippen LogP contribution in [-0.2, 0) is 18.4 Å². The number of hydrogen-bond acceptors (Lipinski definition) is 6. The van der Waals surface area contributed by atoms with Gasteiger partial charge in [0, 0.05) is 50.7 Å². The Morgan fingerprint density at radius 1 is 1.03 bits per heavy atom. The quantitative estimate of drug-likeness (QED) is 0.397. The van der Waals surface area contributed by atoms with E-state index in [0.717, 1.165) is 22.2 Å². The van der Waals surface area contributed by atoms with Gasteiger partial charge in [-0.05, 0) is 23.3 Å². The SMILES string of the molecule is Bc1ccc([C@H]2CN(C(=O)OCc3ccccc3)CCN2c2nc(-c3ccncc3)cc(=O)n2C)cc1. The fraction of sp³-hybridized carbons (Fsp3) is 0.214. The zero-order valence-corrected chi connectivity index (χ0v) is 20.9. The molecule has 4 aromatic rings. The van der Waals surface area contributed by atoms with Crippen molar-refractivity contribution in [3.8, 4) is 11.3 Å². The summed E-state index contributed by atoms with van der Waals surface area (Å²) in [5.74, 6) is 0.558. The molecule has 0 N–H and O–H groups in total. The second-order valence-electron chi connectivity index (χ2n) is 9.18. The molecule has 0 saturated carbocycles. The van der Waals surface area contributed by atoms with Crippen molar-refractivity contribution in [1.29, 1.82) is 0 Å². The first kappa shape index (κ1) is 24.3. The van der Waals surface area contributed by atoms with E-state index in [1.807, 2.05) is 50.3 Å². The van der Waals surface area contributed by atoms with Gasteiger partial charge in [0.1, 0.15) is 14.5 Å². The molecule has 0 unspecified atom stereocenters. The molecule has 9 heteroatoms. The van der Waals surface area contributed by atoms with Crippen LogP contribution in [0.3, 0.4) is 0 Å². The van der Waals surface area contributed by atoms with Crippen LogP contribution in [0.5, 0.6) is 0 Å². The molecule has 0 radical (unpaired) electrons. The van der Waals surface area contributed by atoms with Gasteiger partial charge in [0.2, 0.25) is 5.95 Å². The topological polar surface area (TPSA) is 80.6 Å². The number of anilines is 1. The van der Waals surface area contributed by atoms with Crippen LogP contribution >= 0.6 is 0 Å². The van der Waals surface area contributed by atoms with Gasteiger partial charge in [-0.3, -0.25) is 14.3 Å². The van der Waals surface area contributed by atoms with E-state index in [2.05, 4.69) is 34.1 Å². The molecule has 1 aliphatic heterocycles. The number of amides is 1. The van der Waals surface area contributed by atoms with Crippen LogP contribution in [0.1, 0.15) is 17.2 Å². The van der Waals surface area contributed by atoms with Gasteiger partial charge in [-0.1, -0.05) is 60.1 Å². The third kappa shape index (κ3) is 5.40. The monoisotopic (exact) mass is 493 g/mol. The minimum Gasteiger partial charge on any atom is -0.445 e. The molecule has 37 heavy (non-hydrogen) atoms. The Morgan fingerprint density at radius 2 is 1.76 bits per heavy atom. The summed E-state index contributed by atoms with van der Waals surface area (Å²) in [6.45, 7) is 1.58. The number of carbonyl (C=O) groups is 1. The van der Waals surface area contributed by atoms with Gasteiger partial charge in [-0.15, -0.1) is 0 Å². The van der Waals surface area contributed by atoms with Crippen LogP contribution in [0, 0.1) is 0 Å². The van der Waals surface area contributed by atoms with Crippen molar-refractivity contribution < 1.29 is 9.53 Å². The number of pyridine rings is 1. The van der Waals surface area contributed by atoms with Crippen LogP contribution < -0.4 is 15.9 Å². The second-order valence-corrected chi connectivity index (χ2v) is 9.18. The Kier molecular flexibility index (Phi) is 7.03. The molecular formula is C28H28BN5O3. The highest BCUT2D eigenvalue weighted by Crippen LogP contribution is 2.30. The van der Waals surface area contributed by atoms with E-state index in [1.54, 1.807) is 28.9 Å². The van der Waals surface area contributed by atoms with E-state index < -0.39 is 0 Å². The average molecular weight is 493 g/mol. The molecule has 5 rings (SSSR count). The minimum absolute atomic E-state index is 0.149. The summed E-state index contributed by atoms with van der Waals surface area (Å²) in [4.78, 5) is 38.8. The third-order valence-electron chi connectivity index (χ3n) is 6.65. The summed E-state index contributed by atoms with van der Waals surface area (Å²) in [5.41, 5.74) is 4.39. The van der Waals surface area contributed by atoms with Crippen LogP contribution in [-0.4, -0.2) is 53.0 Å². The Labute approximate surface area is 216 Å². The molecule has 2 aromatic carbocycles. The molecule has 0 spiro atoms. The highest BCUT2D eigenvalue weighted by Gasteiger charge is 2.33. The minimum atomic E-state index is -0.354. The molecule has 1 fully saturated rings. The van der Waals surface area contributed by atoms with Crippen molar-refractivity contribution in [2.75, 3.05) is 24.5 Å². The molecule has 186 valence electrons. The Hall–Kier alpha value is -4.40. The number of rotatable bonds is 5. The van der Waals surface area contributed by atoms with Gasteiger partial charge in [0.15, 0.2) is 0 Å². The van der Waals surface area contributed by atoms with Crippen molar-refractivity contribution in [1.82, 2.24) is 19.4 Å². The van der Waals surface area contributed by atoms with Gasteiger partial charge in [0.05, 0.1) is 11.7 Å². The van der Waals surface area contributed by atoms with Crippen molar-refractivity contribution in [2.24, 2.45) is 7.05 Å². The van der Waals surface area contributed by atoms with Gasteiger partial charge in [-0.2, -0.15) is 0 Å². The lowest BCUT2D eigenvalue weighted by Gasteiger charge is -2.42. The first-order valence-electron chi connectivity index (χ1n) is 12.3. The smallest absolute Gasteiger partial charge is 0.410 e. The molecule has 1 aliphatic rings. The summed E-state index contributed by atoms with van der Waals surface area (Å²) in [6.07, 6.45) is 3.01. The van der Waals surface area contributed by atoms with Crippen LogP contribution in [0.15, 0.2) is 90.0 Å². The maximum absolute atomic E-state index is 13.0. The number of carbonyl (C=O) groups excluding carboxylic acids is 1. The highest BCUT2D eigenvalue weighted by atomic mass is 16.6. The number of aromatic nitrogens is 3. The summed E-state index contributed by atoms with van der Waals surface area (Å²) in [7, 11) is 3.77. The summed E-state index contributed by atoms with van der Waals surface area (Å²) in [5, 5.41) is 0. The molecule has 8 nitrogen and oxygen atoms in total. The third-order valence-corrected chi connectivity index (χ3v) is 6.65. The molecule has 1 amide bonds. The molecule has 3 heterocycles.